The Morgan fingerprint density at radius 2 is 2.00 bits per heavy atom. The summed E-state index contributed by atoms with van der Waals surface area (Å²) >= 11 is 4.22. The van der Waals surface area contributed by atoms with Crippen molar-refractivity contribution < 1.29 is 21.7 Å². The van der Waals surface area contributed by atoms with Gasteiger partial charge < -0.3 is 0 Å². The zero-order chi connectivity index (χ0) is 5.91. The van der Waals surface area contributed by atoms with E-state index >= 15 is 0 Å². The third kappa shape index (κ3) is 2.77. The van der Waals surface area contributed by atoms with Gasteiger partial charge >= 0.3 is 10.4 Å². The van der Waals surface area contributed by atoms with Gasteiger partial charge in [-0.1, -0.05) is 4.33 Å². The van der Waals surface area contributed by atoms with Crippen LogP contribution in [0.3, 0.4) is 0 Å². The standard InChI is InChI=1S/ClHO5S/c1-5-7(3,4)6-2/h2H. The fourth-order valence-corrected chi connectivity index (χ4v) is 0.104. The summed E-state index contributed by atoms with van der Waals surface area (Å²) in [6, 6.07) is 0. The summed E-state index contributed by atoms with van der Waals surface area (Å²) in [6.45, 7) is 0. The van der Waals surface area contributed by atoms with Crippen molar-refractivity contribution in [2.75, 3.05) is 0 Å². The molecule has 44 valence electrons. The summed E-state index contributed by atoms with van der Waals surface area (Å²) in [6.07, 6.45) is 0. The van der Waals surface area contributed by atoms with Gasteiger partial charge in [0.15, 0.2) is 0 Å². The lowest BCUT2D eigenvalue weighted by Crippen LogP contribution is -1.99. The molecular weight excluding hydrogens is 148 g/mol. The predicted molar refractivity (Wildman–Crippen MR) is 19.6 cm³/mol. The van der Waals surface area contributed by atoms with Crippen LogP contribution in [0, 0.1) is 0 Å². The van der Waals surface area contributed by atoms with Gasteiger partial charge in [0.1, 0.15) is 0 Å². The summed E-state index contributed by atoms with van der Waals surface area (Å²) in [5, 5.41) is 7.30. The fraction of sp³-hybridized carbons (Fsp3) is 0. The van der Waals surface area contributed by atoms with Crippen molar-refractivity contribution in [1.29, 1.82) is 0 Å². The first-order valence-corrected chi connectivity index (χ1v) is 2.65. The van der Waals surface area contributed by atoms with E-state index in [9.17, 15) is 8.42 Å². The van der Waals surface area contributed by atoms with Crippen molar-refractivity contribution in [1.82, 2.24) is 0 Å². The largest absolute Gasteiger partial charge is 0.442 e. The van der Waals surface area contributed by atoms with Crippen LogP contribution in [0.2, 0.25) is 0 Å². The van der Waals surface area contributed by atoms with Crippen LogP contribution >= 0.6 is 11.9 Å². The molecule has 0 bridgehead atoms. The molecule has 0 aromatic carbocycles. The van der Waals surface area contributed by atoms with Crippen LogP contribution in [-0.2, 0) is 18.5 Å². The Balaban J connectivity index is 3.89. The summed E-state index contributed by atoms with van der Waals surface area (Å²) in [5.41, 5.74) is 0. The van der Waals surface area contributed by atoms with E-state index in [4.69, 9.17) is 5.26 Å². The molecule has 7 heavy (non-hydrogen) atoms. The number of hydrogen-bond donors (Lipinski definition) is 1. The van der Waals surface area contributed by atoms with Gasteiger partial charge in [-0.05, 0) is 0 Å². The minimum absolute atomic E-state index is 2.70. The molecule has 0 saturated heterocycles. The molecule has 5 nitrogen and oxygen atoms in total. The van der Waals surface area contributed by atoms with Gasteiger partial charge in [-0.15, -0.1) is 3.74 Å². The van der Waals surface area contributed by atoms with Crippen LogP contribution in [-0.4, -0.2) is 13.7 Å². The van der Waals surface area contributed by atoms with Gasteiger partial charge in [-0.2, -0.15) is 8.42 Å². The lowest BCUT2D eigenvalue weighted by atomic mass is 15.0. The van der Waals surface area contributed by atoms with Gasteiger partial charge in [0.05, 0.1) is 11.9 Å². The molecule has 0 saturated carbocycles. The maximum Gasteiger partial charge on any atom is 0.442 e. The van der Waals surface area contributed by atoms with Crippen molar-refractivity contribution in [3.05, 3.63) is 0 Å². The van der Waals surface area contributed by atoms with Gasteiger partial charge in [0, 0.05) is 0 Å². The van der Waals surface area contributed by atoms with Gasteiger partial charge in [0.2, 0.25) is 0 Å². The molecule has 0 rings (SSSR count). The van der Waals surface area contributed by atoms with Gasteiger partial charge in [-0.3, -0.25) is 0 Å². The second-order valence-corrected chi connectivity index (χ2v) is 2.02. The molecule has 0 aromatic heterocycles. The maximum atomic E-state index is 9.54. The highest BCUT2D eigenvalue weighted by Gasteiger charge is 2.07. The molecule has 0 aliphatic carbocycles. The Morgan fingerprint density at radius 3 is 2.00 bits per heavy atom. The summed E-state index contributed by atoms with van der Waals surface area (Å²) in [5.74, 6) is 0. The molecule has 0 aliphatic rings. The summed E-state index contributed by atoms with van der Waals surface area (Å²) < 4.78 is 24.8. The molecule has 0 aromatic rings. The Kier molecular flexibility index (Phi) is 2.47. The van der Waals surface area contributed by atoms with E-state index in [-0.39, 0.29) is 0 Å². The molecule has 0 aliphatic heterocycles. The van der Waals surface area contributed by atoms with Crippen molar-refractivity contribution in [3.8, 4) is 0 Å². The smallest absolute Gasteiger partial charge is 0.233 e. The molecule has 0 heterocycles. The third-order valence-electron chi connectivity index (χ3n) is 0.168. The van der Waals surface area contributed by atoms with E-state index < -0.39 is 10.4 Å². The molecule has 0 amide bonds. The highest BCUT2D eigenvalue weighted by atomic mass is 35.5. The second kappa shape index (κ2) is 2.43. The van der Waals surface area contributed by atoms with E-state index in [1.165, 1.54) is 0 Å². The first kappa shape index (κ1) is 7.12. The Labute approximate surface area is 44.8 Å². The van der Waals surface area contributed by atoms with E-state index in [0.29, 0.717) is 0 Å². The van der Waals surface area contributed by atoms with Crippen LogP contribution in [0.1, 0.15) is 0 Å². The highest BCUT2D eigenvalue weighted by Crippen LogP contribution is 1.93. The first-order chi connectivity index (χ1) is 3.12. The van der Waals surface area contributed by atoms with Crippen molar-refractivity contribution in [2.24, 2.45) is 0 Å². The molecule has 0 unspecified atom stereocenters. The Bertz CT molecular complexity index is 111. The van der Waals surface area contributed by atoms with E-state index in [1.807, 2.05) is 0 Å². The first-order valence-electron chi connectivity index (χ1n) is 1.00. The van der Waals surface area contributed by atoms with Crippen LogP contribution in [0.15, 0.2) is 0 Å². The van der Waals surface area contributed by atoms with Crippen LogP contribution < -0.4 is 0 Å². The zero-order valence-electron chi connectivity index (χ0n) is 2.87. The molecule has 0 spiro atoms. The molecular formula is HClO5S. The molecule has 7 heteroatoms. The predicted octanol–water partition coefficient (Wildman–Crippen LogP) is -0.109. The molecule has 0 radical (unpaired) electrons. The van der Waals surface area contributed by atoms with Crippen molar-refractivity contribution in [3.63, 3.8) is 0 Å². The van der Waals surface area contributed by atoms with Crippen molar-refractivity contribution >= 4 is 22.3 Å². The van der Waals surface area contributed by atoms with Gasteiger partial charge in [0.25, 0.3) is 0 Å². The fourth-order valence-electron chi connectivity index (χ4n) is 0.0115. The summed E-state index contributed by atoms with van der Waals surface area (Å²) in [7, 11) is -4.34. The topological polar surface area (TPSA) is 72.8 Å². The molecule has 1 N–H and O–H groups in total. The Hall–Kier alpha value is 0.120. The van der Waals surface area contributed by atoms with Crippen LogP contribution in [0.5, 0.6) is 0 Å². The minimum atomic E-state index is -4.34. The van der Waals surface area contributed by atoms with Crippen molar-refractivity contribution in [2.45, 2.75) is 0 Å². The minimum Gasteiger partial charge on any atom is -0.233 e. The second-order valence-electron chi connectivity index (χ2n) is 0.546. The van der Waals surface area contributed by atoms with E-state index in [2.05, 4.69) is 19.9 Å². The van der Waals surface area contributed by atoms with Crippen LogP contribution in [0.4, 0.5) is 0 Å². The zero-order valence-corrected chi connectivity index (χ0v) is 4.44. The molecule has 0 atom stereocenters. The lowest BCUT2D eigenvalue weighted by molar-refractivity contribution is -0.138. The number of halogens is 1. The quantitative estimate of drug-likeness (QED) is 0.437. The molecule has 0 fully saturated rings. The highest BCUT2D eigenvalue weighted by molar-refractivity contribution is 7.82. The van der Waals surface area contributed by atoms with Crippen LogP contribution in [0.25, 0.3) is 0 Å². The van der Waals surface area contributed by atoms with E-state index in [1.54, 1.807) is 0 Å². The maximum absolute atomic E-state index is 9.54. The third-order valence-corrected chi connectivity index (χ3v) is 0.968. The normalized spacial score (nSPS) is 11.7. The number of hydrogen-bond acceptors (Lipinski definition) is 5. The Morgan fingerprint density at radius 1 is 1.57 bits per heavy atom. The average molecular weight is 149 g/mol. The van der Waals surface area contributed by atoms with E-state index in [0.717, 1.165) is 0 Å². The average Bonchev–Trinajstić information content (AvgIpc) is 1.68. The SMILES string of the molecule is O=S(=O)(OO)OCl. The number of rotatable bonds is 2. The lowest BCUT2D eigenvalue weighted by Gasteiger charge is -1.85. The van der Waals surface area contributed by atoms with Gasteiger partial charge in [-0.25, -0.2) is 5.26 Å². The summed E-state index contributed by atoms with van der Waals surface area (Å²) in [4.78, 5) is 0. The monoisotopic (exact) mass is 148 g/mol.